The topological polar surface area (TPSA) is 140 Å². The van der Waals surface area contributed by atoms with Crippen molar-refractivity contribution in [1.29, 1.82) is 0 Å². The molecule has 0 aliphatic heterocycles. The molecule has 5 rings (SSSR count). The predicted molar refractivity (Wildman–Crippen MR) is 131 cm³/mol. The summed E-state index contributed by atoms with van der Waals surface area (Å²) in [6.45, 7) is 2.21. The van der Waals surface area contributed by atoms with Crippen molar-refractivity contribution in [1.82, 2.24) is 34.7 Å². The zero-order valence-electron chi connectivity index (χ0n) is 18.9. The number of fused-ring (bicyclic) bond motifs is 2. The van der Waals surface area contributed by atoms with Crippen molar-refractivity contribution < 1.29 is 4.79 Å². The number of carbonyl (C=O) groups is 1. The van der Waals surface area contributed by atoms with E-state index in [-0.39, 0.29) is 35.8 Å². The molecular weight excluding hydrogens is 448 g/mol. The summed E-state index contributed by atoms with van der Waals surface area (Å²) in [6.07, 6.45) is 1.72. The molecule has 0 fully saturated rings. The minimum absolute atomic E-state index is 0.0465. The second-order valence-corrected chi connectivity index (χ2v) is 7.82. The van der Waals surface area contributed by atoms with Gasteiger partial charge in [0.05, 0.1) is 22.8 Å². The molecule has 0 saturated carbocycles. The van der Waals surface area contributed by atoms with E-state index in [2.05, 4.69) is 30.9 Å². The molecule has 0 bridgehead atoms. The number of para-hydroxylation sites is 2. The first kappa shape index (κ1) is 22.0. The normalized spacial score (nSPS) is 11.1. The van der Waals surface area contributed by atoms with Crippen LogP contribution in [0.4, 0.5) is 5.95 Å². The summed E-state index contributed by atoms with van der Waals surface area (Å²) in [5.74, 6) is 0.253. The predicted octanol–water partition coefficient (Wildman–Crippen LogP) is 1.91. The van der Waals surface area contributed by atoms with Gasteiger partial charge in [0.2, 0.25) is 11.9 Å². The maximum absolute atomic E-state index is 12.7. The van der Waals surface area contributed by atoms with Gasteiger partial charge in [-0.2, -0.15) is 5.10 Å². The van der Waals surface area contributed by atoms with Crippen molar-refractivity contribution in [2.45, 2.75) is 26.3 Å². The van der Waals surface area contributed by atoms with Crippen LogP contribution >= 0.6 is 0 Å². The van der Waals surface area contributed by atoms with E-state index in [1.54, 1.807) is 28.9 Å². The van der Waals surface area contributed by atoms with Gasteiger partial charge in [-0.25, -0.2) is 14.6 Å². The van der Waals surface area contributed by atoms with Crippen molar-refractivity contribution in [3.8, 4) is 5.69 Å². The Balaban J connectivity index is 1.31. The van der Waals surface area contributed by atoms with E-state index >= 15 is 0 Å². The number of aromatic nitrogens is 6. The standard InChI is InChI=1S/C24H22N8O3/c1-2-31-23(35)16-10-6-7-11-18(16)26-24(31)30-29-20(33)13-12-19-27-21-17(22(34)28-19)14-25-32(21)15-8-4-3-5-9-15/h3-11,14H,2,12-13H2,1H3,(H,26,30)(H,29,33)(H,27,28,34). The molecule has 1 amide bonds. The van der Waals surface area contributed by atoms with Gasteiger partial charge < -0.3 is 4.98 Å². The third-order valence-corrected chi connectivity index (χ3v) is 5.57. The summed E-state index contributed by atoms with van der Waals surface area (Å²) < 4.78 is 3.03. The Hall–Kier alpha value is -4.80. The Bertz CT molecular complexity index is 1650. The van der Waals surface area contributed by atoms with Crippen molar-refractivity contribution in [3.05, 3.63) is 87.3 Å². The van der Waals surface area contributed by atoms with E-state index in [4.69, 9.17) is 0 Å². The van der Waals surface area contributed by atoms with Gasteiger partial charge in [0.1, 0.15) is 11.2 Å². The van der Waals surface area contributed by atoms with Crippen LogP contribution in [0.1, 0.15) is 19.2 Å². The van der Waals surface area contributed by atoms with Crippen molar-refractivity contribution in [2.75, 3.05) is 5.43 Å². The van der Waals surface area contributed by atoms with Crippen molar-refractivity contribution in [3.63, 3.8) is 0 Å². The lowest BCUT2D eigenvalue weighted by Gasteiger charge is -2.14. The number of hydrogen-bond acceptors (Lipinski definition) is 7. The van der Waals surface area contributed by atoms with Gasteiger partial charge in [-0.05, 0) is 31.2 Å². The van der Waals surface area contributed by atoms with Crippen molar-refractivity contribution in [2.24, 2.45) is 0 Å². The van der Waals surface area contributed by atoms with Crippen LogP contribution in [0.15, 0.2) is 70.4 Å². The summed E-state index contributed by atoms with van der Waals surface area (Å²) in [5, 5.41) is 5.15. The number of hydrogen-bond donors (Lipinski definition) is 3. The number of anilines is 1. The number of benzene rings is 2. The number of carbonyl (C=O) groups excluding carboxylic acids is 1. The number of rotatable bonds is 7. The van der Waals surface area contributed by atoms with Gasteiger partial charge in [0.25, 0.3) is 11.1 Å². The Morgan fingerprint density at radius 3 is 2.57 bits per heavy atom. The van der Waals surface area contributed by atoms with Crippen LogP contribution in [0, 0.1) is 0 Å². The second kappa shape index (κ2) is 9.21. The van der Waals surface area contributed by atoms with E-state index < -0.39 is 0 Å². The average molecular weight is 470 g/mol. The third kappa shape index (κ3) is 4.26. The highest BCUT2D eigenvalue weighted by Gasteiger charge is 2.14. The molecule has 0 aliphatic rings. The molecule has 176 valence electrons. The Morgan fingerprint density at radius 2 is 1.77 bits per heavy atom. The average Bonchev–Trinajstić information content (AvgIpc) is 3.31. The number of aryl methyl sites for hydroxylation is 1. The number of amides is 1. The summed E-state index contributed by atoms with van der Waals surface area (Å²) in [7, 11) is 0. The Kier molecular flexibility index (Phi) is 5.80. The molecule has 0 atom stereocenters. The lowest BCUT2D eigenvalue weighted by atomic mass is 10.2. The zero-order chi connectivity index (χ0) is 24.4. The number of hydrazine groups is 1. The van der Waals surface area contributed by atoms with Gasteiger partial charge in [-0.1, -0.05) is 30.3 Å². The number of nitrogens with zero attached hydrogens (tertiary/aromatic N) is 5. The maximum atomic E-state index is 12.7. The quantitative estimate of drug-likeness (QED) is 0.309. The first-order valence-corrected chi connectivity index (χ1v) is 11.1. The van der Waals surface area contributed by atoms with Crippen LogP contribution in [0.25, 0.3) is 27.6 Å². The number of nitrogens with one attached hydrogen (secondary N) is 3. The molecule has 3 aromatic heterocycles. The fourth-order valence-corrected chi connectivity index (χ4v) is 3.82. The first-order chi connectivity index (χ1) is 17.0. The summed E-state index contributed by atoms with van der Waals surface area (Å²) >= 11 is 0. The highest BCUT2D eigenvalue weighted by molar-refractivity contribution is 5.80. The molecule has 11 nitrogen and oxygen atoms in total. The van der Waals surface area contributed by atoms with Crippen LogP contribution in [0.2, 0.25) is 0 Å². The third-order valence-electron chi connectivity index (χ3n) is 5.57. The van der Waals surface area contributed by atoms with Crippen LogP contribution in [-0.4, -0.2) is 35.2 Å². The van der Waals surface area contributed by atoms with E-state index in [1.807, 2.05) is 37.3 Å². The molecule has 0 unspecified atom stereocenters. The smallest absolute Gasteiger partial charge is 0.262 e. The Morgan fingerprint density at radius 1 is 1.00 bits per heavy atom. The maximum Gasteiger partial charge on any atom is 0.262 e. The fraction of sp³-hybridized carbons (Fsp3) is 0.167. The molecule has 3 heterocycles. The Labute approximate surface area is 198 Å². The van der Waals surface area contributed by atoms with Gasteiger partial charge in [0.15, 0.2) is 5.65 Å². The molecule has 0 radical (unpaired) electrons. The lowest BCUT2D eigenvalue weighted by Crippen LogP contribution is -2.34. The minimum Gasteiger partial charge on any atom is -0.310 e. The molecule has 11 heteroatoms. The number of H-pyrrole nitrogens is 1. The van der Waals surface area contributed by atoms with E-state index in [9.17, 15) is 14.4 Å². The molecule has 5 aromatic rings. The monoisotopic (exact) mass is 470 g/mol. The minimum atomic E-state index is -0.352. The van der Waals surface area contributed by atoms with E-state index in [0.717, 1.165) is 5.69 Å². The van der Waals surface area contributed by atoms with E-state index in [0.29, 0.717) is 34.3 Å². The highest BCUT2D eigenvalue weighted by atomic mass is 16.2. The molecular formula is C24H22N8O3. The van der Waals surface area contributed by atoms with Crippen LogP contribution in [0.5, 0.6) is 0 Å². The van der Waals surface area contributed by atoms with Crippen molar-refractivity contribution >= 4 is 33.8 Å². The summed E-state index contributed by atoms with van der Waals surface area (Å²) in [5.41, 5.74) is 6.53. The SMILES string of the molecule is CCn1c(NNC(=O)CCc2nc3c(cnn3-c3ccccc3)c(=O)[nH]2)nc2ccccc2c1=O. The highest BCUT2D eigenvalue weighted by Crippen LogP contribution is 2.14. The molecule has 0 saturated heterocycles. The zero-order valence-corrected chi connectivity index (χ0v) is 18.9. The first-order valence-electron chi connectivity index (χ1n) is 11.1. The summed E-state index contributed by atoms with van der Waals surface area (Å²) in [4.78, 5) is 49.4. The van der Waals surface area contributed by atoms with Crippen LogP contribution < -0.4 is 22.0 Å². The van der Waals surface area contributed by atoms with Gasteiger partial charge in [0, 0.05) is 19.4 Å². The fourth-order valence-electron chi connectivity index (χ4n) is 3.82. The lowest BCUT2D eigenvalue weighted by molar-refractivity contribution is -0.120. The number of aromatic amines is 1. The molecule has 0 spiro atoms. The van der Waals surface area contributed by atoms with E-state index in [1.165, 1.54) is 10.8 Å². The molecule has 35 heavy (non-hydrogen) atoms. The van der Waals surface area contributed by atoms with Crippen LogP contribution in [-0.2, 0) is 17.8 Å². The molecule has 0 aliphatic carbocycles. The van der Waals surface area contributed by atoms with Gasteiger partial charge >= 0.3 is 0 Å². The van der Waals surface area contributed by atoms with Gasteiger partial charge in [-0.3, -0.25) is 29.8 Å². The second-order valence-electron chi connectivity index (χ2n) is 7.82. The molecule has 2 aromatic carbocycles. The largest absolute Gasteiger partial charge is 0.310 e. The van der Waals surface area contributed by atoms with Crippen LogP contribution in [0.3, 0.4) is 0 Å². The van der Waals surface area contributed by atoms with Gasteiger partial charge in [-0.15, -0.1) is 0 Å². The molecule has 3 N–H and O–H groups in total. The summed E-state index contributed by atoms with van der Waals surface area (Å²) in [6, 6.07) is 16.4.